The number of halogens is 4. The second-order valence-electron chi connectivity index (χ2n) is 5.56. The second-order valence-corrected chi connectivity index (χ2v) is 7.83. The Morgan fingerprint density at radius 2 is 1.92 bits per heavy atom. The lowest BCUT2D eigenvalue weighted by molar-refractivity contribution is -0.137. The molecule has 0 saturated heterocycles. The fraction of sp³-hybridized carbons (Fsp3) is 0.333. The molecule has 2 heterocycles. The van der Waals surface area contributed by atoms with Crippen LogP contribution in [0.1, 0.15) is 24.2 Å². The van der Waals surface area contributed by atoms with Gasteiger partial charge in [0.05, 0.1) is 16.6 Å². The molecule has 0 aliphatic carbocycles. The van der Waals surface area contributed by atoms with Gasteiger partial charge in [0, 0.05) is 25.0 Å². The van der Waals surface area contributed by atoms with Crippen LogP contribution in [-0.2, 0) is 22.7 Å². The molecule has 4 nitrogen and oxygen atoms in total. The summed E-state index contributed by atoms with van der Waals surface area (Å²) in [5.74, 6) is 0. The standard InChI is InChI=1S/C15H14ClF3N2O2S/c1-10-13-3-2-6-20(13)7-8-21(10)24(22,23)14-9-11(15(17,18)19)4-5-12(14)16/h2-6,9-10H,7-8H2,1H3. The second kappa shape index (κ2) is 5.79. The Hall–Kier alpha value is -1.51. The molecule has 1 atom stereocenters. The molecule has 1 unspecified atom stereocenters. The molecule has 0 saturated carbocycles. The molecule has 1 aliphatic rings. The van der Waals surface area contributed by atoms with E-state index >= 15 is 0 Å². The molecule has 1 aromatic heterocycles. The predicted octanol–water partition coefficient (Wildman–Crippen LogP) is 3.93. The molecule has 0 bridgehead atoms. The van der Waals surface area contributed by atoms with Crippen molar-refractivity contribution in [2.75, 3.05) is 6.54 Å². The molecule has 9 heteroatoms. The molecule has 0 N–H and O–H groups in total. The molecule has 1 aromatic carbocycles. The topological polar surface area (TPSA) is 42.3 Å². The van der Waals surface area contributed by atoms with E-state index in [4.69, 9.17) is 11.6 Å². The molecule has 2 aromatic rings. The van der Waals surface area contributed by atoms with E-state index in [9.17, 15) is 21.6 Å². The van der Waals surface area contributed by atoms with E-state index in [0.29, 0.717) is 12.6 Å². The van der Waals surface area contributed by atoms with Crippen LogP contribution in [0, 0.1) is 0 Å². The molecule has 130 valence electrons. The first-order chi connectivity index (χ1) is 11.1. The Balaban J connectivity index is 2.06. The van der Waals surface area contributed by atoms with Crippen LogP contribution in [0.3, 0.4) is 0 Å². The highest BCUT2D eigenvalue weighted by Gasteiger charge is 2.37. The Kier molecular flexibility index (Phi) is 4.17. The summed E-state index contributed by atoms with van der Waals surface area (Å²) < 4.78 is 67.6. The fourth-order valence-corrected chi connectivity index (χ4v) is 4.99. The molecule has 3 rings (SSSR count). The van der Waals surface area contributed by atoms with Crippen LogP contribution in [-0.4, -0.2) is 23.8 Å². The molecular weight excluding hydrogens is 365 g/mol. The van der Waals surface area contributed by atoms with Gasteiger partial charge in [-0.25, -0.2) is 8.42 Å². The van der Waals surface area contributed by atoms with Crippen LogP contribution >= 0.6 is 11.6 Å². The number of aromatic nitrogens is 1. The summed E-state index contributed by atoms with van der Waals surface area (Å²) in [6.07, 6.45) is -2.80. The zero-order valence-corrected chi connectivity index (χ0v) is 14.2. The Morgan fingerprint density at radius 1 is 1.21 bits per heavy atom. The van der Waals surface area contributed by atoms with E-state index in [0.717, 1.165) is 17.8 Å². The SMILES string of the molecule is CC1c2cccn2CCN1S(=O)(=O)c1cc(C(F)(F)F)ccc1Cl. The van der Waals surface area contributed by atoms with Crippen LogP contribution < -0.4 is 0 Å². The monoisotopic (exact) mass is 378 g/mol. The van der Waals surface area contributed by atoms with Crippen molar-refractivity contribution >= 4 is 21.6 Å². The lowest BCUT2D eigenvalue weighted by atomic mass is 10.2. The molecule has 0 spiro atoms. The summed E-state index contributed by atoms with van der Waals surface area (Å²) in [4.78, 5) is -0.522. The van der Waals surface area contributed by atoms with Gasteiger partial charge in [-0.15, -0.1) is 0 Å². The third kappa shape index (κ3) is 2.82. The summed E-state index contributed by atoms with van der Waals surface area (Å²) in [6.45, 7) is 2.30. The molecule has 1 aliphatic heterocycles. The minimum absolute atomic E-state index is 0.164. The van der Waals surface area contributed by atoms with Gasteiger partial charge < -0.3 is 4.57 Å². The van der Waals surface area contributed by atoms with Crippen molar-refractivity contribution in [1.82, 2.24) is 8.87 Å². The van der Waals surface area contributed by atoms with Crippen molar-refractivity contribution in [2.24, 2.45) is 0 Å². The van der Waals surface area contributed by atoms with Gasteiger partial charge in [-0.3, -0.25) is 0 Å². The summed E-state index contributed by atoms with van der Waals surface area (Å²) in [7, 11) is -4.16. The lowest BCUT2D eigenvalue weighted by Crippen LogP contribution is -2.40. The van der Waals surface area contributed by atoms with E-state index in [1.54, 1.807) is 19.1 Å². The maximum atomic E-state index is 12.9. The Morgan fingerprint density at radius 3 is 2.58 bits per heavy atom. The van der Waals surface area contributed by atoms with Crippen LogP contribution in [0.5, 0.6) is 0 Å². The Labute approximate surface area is 142 Å². The molecule has 0 amide bonds. The maximum absolute atomic E-state index is 12.9. The van der Waals surface area contributed by atoms with Crippen LogP contribution in [0.2, 0.25) is 5.02 Å². The van der Waals surface area contributed by atoms with Gasteiger partial charge in [0.15, 0.2) is 0 Å². The number of hydrogen-bond donors (Lipinski definition) is 0. The number of nitrogens with zero attached hydrogens (tertiary/aromatic N) is 2. The highest BCUT2D eigenvalue weighted by molar-refractivity contribution is 7.89. The Bertz CT molecular complexity index is 877. The van der Waals surface area contributed by atoms with E-state index in [1.165, 1.54) is 4.31 Å². The van der Waals surface area contributed by atoms with E-state index in [-0.39, 0.29) is 11.6 Å². The van der Waals surface area contributed by atoms with Gasteiger partial charge in [0.25, 0.3) is 0 Å². The summed E-state index contributed by atoms with van der Waals surface area (Å²) in [5.41, 5.74) is -0.258. The van der Waals surface area contributed by atoms with E-state index in [1.807, 2.05) is 10.8 Å². The zero-order chi connectivity index (χ0) is 17.7. The highest BCUT2D eigenvalue weighted by atomic mass is 35.5. The van der Waals surface area contributed by atoms with Gasteiger partial charge >= 0.3 is 6.18 Å². The summed E-state index contributed by atoms with van der Waals surface area (Å²) in [6, 6.07) is 5.43. The molecule has 24 heavy (non-hydrogen) atoms. The van der Waals surface area contributed by atoms with Crippen LogP contribution in [0.25, 0.3) is 0 Å². The van der Waals surface area contributed by atoms with Gasteiger partial charge in [-0.2, -0.15) is 17.5 Å². The minimum Gasteiger partial charge on any atom is -0.349 e. The lowest BCUT2D eigenvalue weighted by Gasteiger charge is -2.34. The van der Waals surface area contributed by atoms with Crippen LogP contribution in [0.4, 0.5) is 13.2 Å². The smallest absolute Gasteiger partial charge is 0.349 e. The number of alkyl halides is 3. The van der Waals surface area contributed by atoms with Crippen molar-refractivity contribution in [3.8, 4) is 0 Å². The van der Waals surface area contributed by atoms with Gasteiger partial charge in [-0.05, 0) is 37.3 Å². The summed E-state index contributed by atoms with van der Waals surface area (Å²) in [5, 5.41) is -0.226. The van der Waals surface area contributed by atoms with Gasteiger partial charge in [0.1, 0.15) is 4.90 Å². The number of benzene rings is 1. The quantitative estimate of drug-likeness (QED) is 0.794. The highest BCUT2D eigenvalue weighted by Crippen LogP contribution is 2.37. The normalized spacial score (nSPS) is 19.3. The molecule has 0 radical (unpaired) electrons. The minimum atomic E-state index is -4.64. The van der Waals surface area contributed by atoms with Crippen LogP contribution in [0.15, 0.2) is 41.4 Å². The van der Waals surface area contributed by atoms with Crippen molar-refractivity contribution in [1.29, 1.82) is 0 Å². The molecular formula is C15H14ClF3N2O2S. The summed E-state index contributed by atoms with van der Waals surface area (Å²) >= 11 is 5.90. The maximum Gasteiger partial charge on any atom is 0.416 e. The first-order valence-corrected chi connectivity index (χ1v) is 8.98. The van der Waals surface area contributed by atoms with Gasteiger partial charge in [-0.1, -0.05) is 11.6 Å². The molecule has 0 fully saturated rings. The van der Waals surface area contributed by atoms with Gasteiger partial charge in [0.2, 0.25) is 10.0 Å². The number of hydrogen-bond acceptors (Lipinski definition) is 2. The van der Waals surface area contributed by atoms with Crippen molar-refractivity contribution in [3.63, 3.8) is 0 Å². The van der Waals surface area contributed by atoms with E-state index < -0.39 is 32.7 Å². The third-order valence-electron chi connectivity index (χ3n) is 4.13. The number of fused-ring (bicyclic) bond motifs is 1. The number of sulfonamides is 1. The van der Waals surface area contributed by atoms with E-state index in [2.05, 4.69) is 0 Å². The number of rotatable bonds is 2. The third-order valence-corrected chi connectivity index (χ3v) is 6.58. The average Bonchev–Trinajstić information content (AvgIpc) is 2.95. The largest absolute Gasteiger partial charge is 0.416 e. The van der Waals surface area contributed by atoms with Crippen molar-refractivity contribution < 1.29 is 21.6 Å². The first kappa shape index (κ1) is 17.3. The zero-order valence-electron chi connectivity index (χ0n) is 12.6. The van der Waals surface area contributed by atoms with Crippen molar-refractivity contribution in [2.45, 2.75) is 30.6 Å². The fourth-order valence-electron chi connectivity index (χ4n) is 2.89. The van der Waals surface area contributed by atoms with Crippen molar-refractivity contribution in [3.05, 3.63) is 52.8 Å². The first-order valence-electron chi connectivity index (χ1n) is 7.16. The average molecular weight is 379 g/mol. The predicted molar refractivity (Wildman–Crippen MR) is 83.2 cm³/mol.